The zero-order chi connectivity index (χ0) is 18.8. The number of sulfonamides is 1. The summed E-state index contributed by atoms with van der Waals surface area (Å²) in [5.41, 5.74) is 0. The standard InChI is InChI=1S/C18H27N3O3S2/c1-3-14(2)19-17(22)16-13-25-18(20-16)9-11-21(12-10-18)26(23,24)15-7-5-4-6-8-15/h4-8,14,16,20H,3,9-13H2,1-2H3,(H,19,22)/t14-,16+/m0/s1. The highest BCUT2D eigenvalue weighted by Gasteiger charge is 2.45. The van der Waals surface area contributed by atoms with Crippen LogP contribution in [0.3, 0.4) is 0 Å². The molecular weight excluding hydrogens is 370 g/mol. The molecule has 6 nitrogen and oxygen atoms in total. The minimum absolute atomic E-state index is 0.0445. The average molecular weight is 398 g/mol. The average Bonchev–Trinajstić information content (AvgIpc) is 3.06. The van der Waals surface area contributed by atoms with Gasteiger partial charge in [0, 0.05) is 24.9 Å². The van der Waals surface area contributed by atoms with Gasteiger partial charge in [-0.05, 0) is 38.3 Å². The molecule has 0 unspecified atom stereocenters. The molecule has 2 fully saturated rings. The monoisotopic (exact) mass is 397 g/mol. The van der Waals surface area contributed by atoms with E-state index in [-0.39, 0.29) is 22.9 Å². The number of rotatable bonds is 5. The molecule has 0 bridgehead atoms. The van der Waals surface area contributed by atoms with Crippen molar-refractivity contribution in [3.05, 3.63) is 30.3 Å². The summed E-state index contributed by atoms with van der Waals surface area (Å²) in [6, 6.07) is 8.54. The van der Waals surface area contributed by atoms with Crippen LogP contribution < -0.4 is 10.6 Å². The quantitative estimate of drug-likeness (QED) is 0.792. The van der Waals surface area contributed by atoms with E-state index in [1.807, 2.05) is 19.9 Å². The predicted molar refractivity (Wildman–Crippen MR) is 104 cm³/mol. The van der Waals surface area contributed by atoms with Crippen LogP contribution in [0.1, 0.15) is 33.1 Å². The minimum atomic E-state index is -3.44. The molecule has 2 aliphatic rings. The van der Waals surface area contributed by atoms with Crippen LogP contribution in [0.2, 0.25) is 0 Å². The number of thioether (sulfide) groups is 1. The van der Waals surface area contributed by atoms with Crippen molar-refractivity contribution >= 4 is 27.7 Å². The lowest BCUT2D eigenvalue weighted by atomic mass is 10.0. The van der Waals surface area contributed by atoms with E-state index in [0.717, 1.165) is 12.2 Å². The number of benzene rings is 1. The molecule has 0 aromatic heterocycles. The smallest absolute Gasteiger partial charge is 0.243 e. The van der Waals surface area contributed by atoms with E-state index in [9.17, 15) is 13.2 Å². The molecule has 1 aromatic carbocycles. The van der Waals surface area contributed by atoms with E-state index in [4.69, 9.17) is 0 Å². The van der Waals surface area contributed by atoms with Gasteiger partial charge in [-0.3, -0.25) is 10.1 Å². The number of nitrogens with one attached hydrogen (secondary N) is 2. The molecule has 8 heteroatoms. The van der Waals surface area contributed by atoms with Crippen LogP contribution in [0, 0.1) is 0 Å². The molecule has 1 aromatic rings. The Hall–Kier alpha value is -1.09. The summed E-state index contributed by atoms with van der Waals surface area (Å²) in [6.45, 7) is 4.99. The highest BCUT2D eigenvalue weighted by Crippen LogP contribution is 2.40. The van der Waals surface area contributed by atoms with E-state index >= 15 is 0 Å². The maximum absolute atomic E-state index is 12.8. The Labute approximate surface area is 160 Å². The van der Waals surface area contributed by atoms with Crippen molar-refractivity contribution in [2.45, 2.75) is 55.0 Å². The zero-order valence-corrected chi connectivity index (χ0v) is 16.9. The van der Waals surface area contributed by atoms with Gasteiger partial charge in [0.25, 0.3) is 0 Å². The summed E-state index contributed by atoms with van der Waals surface area (Å²) in [4.78, 5) is 12.5. The van der Waals surface area contributed by atoms with Gasteiger partial charge in [-0.2, -0.15) is 4.31 Å². The highest BCUT2D eigenvalue weighted by molar-refractivity contribution is 8.01. The number of carbonyl (C=O) groups excluding carboxylic acids is 1. The van der Waals surface area contributed by atoms with Crippen molar-refractivity contribution in [2.24, 2.45) is 0 Å². The zero-order valence-electron chi connectivity index (χ0n) is 15.3. The lowest BCUT2D eigenvalue weighted by Gasteiger charge is -2.38. The fourth-order valence-corrected chi connectivity index (χ4v) is 6.23. The second-order valence-electron chi connectivity index (χ2n) is 7.04. The molecule has 1 spiro atoms. The Morgan fingerprint density at radius 1 is 1.35 bits per heavy atom. The topological polar surface area (TPSA) is 78.5 Å². The molecular formula is C18H27N3O3S2. The number of hydrogen-bond acceptors (Lipinski definition) is 5. The summed E-state index contributed by atoms with van der Waals surface area (Å²) in [7, 11) is -3.44. The SMILES string of the molecule is CC[C@H](C)NC(=O)[C@H]1CSC2(CCN(S(=O)(=O)c3ccccc3)CC2)N1. The molecule has 3 rings (SSSR count). The molecule has 0 radical (unpaired) electrons. The van der Waals surface area contributed by atoms with Gasteiger partial charge in [-0.15, -0.1) is 11.8 Å². The summed E-state index contributed by atoms with van der Waals surface area (Å²) in [6.07, 6.45) is 2.32. The molecule has 0 saturated carbocycles. The number of nitrogens with zero attached hydrogens (tertiary/aromatic N) is 1. The van der Waals surface area contributed by atoms with Crippen LogP contribution in [0.15, 0.2) is 35.2 Å². The third-order valence-electron chi connectivity index (χ3n) is 5.19. The Morgan fingerprint density at radius 2 is 2.00 bits per heavy atom. The molecule has 2 saturated heterocycles. The van der Waals surface area contributed by atoms with Crippen molar-refractivity contribution in [2.75, 3.05) is 18.8 Å². The van der Waals surface area contributed by atoms with Gasteiger partial charge in [0.2, 0.25) is 15.9 Å². The van der Waals surface area contributed by atoms with Gasteiger partial charge in [-0.1, -0.05) is 25.1 Å². The van der Waals surface area contributed by atoms with Crippen molar-refractivity contribution in [1.82, 2.24) is 14.9 Å². The largest absolute Gasteiger partial charge is 0.352 e. The first-order valence-electron chi connectivity index (χ1n) is 9.13. The lowest BCUT2D eigenvalue weighted by Crippen LogP contribution is -2.55. The van der Waals surface area contributed by atoms with Crippen molar-refractivity contribution < 1.29 is 13.2 Å². The molecule has 2 N–H and O–H groups in total. The molecule has 0 aliphatic carbocycles. The second kappa shape index (κ2) is 7.88. The summed E-state index contributed by atoms with van der Waals surface area (Å²) < 4.78 is 27.1. The number of hydrogen-bond donors (Lipinski definition) is 2. The number of carbonyl (C=O) groups is 1. The molecule has 2 atom stereocenters. The molecule has 1 amide bonds. The Bertz CT molecular complexity index is 731. The summed E-state index contributed by atoms with van der Waals surface area (Å²) in [5, 5.41) is 6.50. The Morgan fingerprint density at radius 3 is 2.62 bits per heavy atom. The molecule has 144 valence electrons. The maximum Gasteiger partial charge on any atom is 0.243 e. The van der Waals surface area contributed by atoms with E-state index < -0.39 is 10.0 Å². The fraction of sp³-hybridized carbons (Fsp3) is 0.611. The summed E-state index contributed by atoms with van der Waals surface area (Å²) >= 11 is 1.75. The molecule has 2 aliphatic heterocycles. The third kappa shape index (κ3) is 4.08. The third-order valence-corrected chi connectivity index (χ3v) is 8.68. The summed E-state index contributed by atoms with van der Waals surface area (Å²) in [5.74, 6) is 0.774. The predicted octanol–water partition coefficient (Wildman–Crippen LogP) is 1.79. The first-order valence-corrected chi connectivity index (χ1v) is 11.6. The van der Waals surface area contributed by atoms with Crippen LogP contribution in [0.4, 0.5) is 0 Å². The van der Waals surface area contributed by atoms with Crippen LogP contribution in [0.5, 0.6) is 0 Å². The first kappa shape index (κ1) is 19.7. The van der Waals surface area contributed by atoms with Crippen molar-refractivity contribution in [3.8, 4) is 0 Å². The minimum Gasteiger partial charge on any atom is -0.352 e. The fourth-order valence-electron chi connectivity index (χ4n) is 3.35. The van der Waals surface area contributed by atoms with Gasteiger partial charge in [0.1, 0.15) is 0 Å². The molecule has 26 heavy (non-hydrogen) atoms. The van der Waals surface area contributed by atoms with Crippen LogP contribution in [0.25, 0.3) is 0 Å². The van der Waals surface area contributed by atoms with Gasteiger partial charge in [-0.25, -0.2) is 8.42 Å². The van der Waals surface area contributed by atoms with E-state index in [1.165, 1.54) is 0 Å². The van der Waals surface area contributed by atoms with Gasteiger partial charge < -0.3 is 5.32 Å². The normalized spacial score (nSPS) is 24.5. The lowest BCUT2D eigenvalue weighted by molar-refractivity contribution is -0.123. The van der Waals surface area contributed by atoms with Gasteiger partial charge in [0.15, 0.2) is 0 Å². The molecule has 2 heterocycles. The Kier molecular flexibility index (Phi) is 5.96. The Balaban J connectivity index is 1.60. The van der Waals surface area contributed by atoms with Gasteiger partial charge in [0.05, 0.1) is 15.8 Å². The second-order valence-corrected chi connectivity index (χ2v) is 10.4. The van der Waals surface area contributed by atoms with Crippen LogP contribution in [-0.2, 0) is 14.8 Å². The van der Waals surface area contributed by atoms with E-state index in [0.29, 0.717) is 30.8 Å². The van der Waals surface area contributed by atoms with Gasteiger partial charge >= 0.3 is 0 Å². The first-order chi connectivity index (χ1) is 12.4. The van der Waals surface area contributed by atoms with Crippen molar-refractivity contribution in [3.63, 3.8) is 0 Å². The van der Waals surface area contributed by atoms with Crippen LogP contribution in [-0.4, -0.2) is 54.4 Å². The highest BCUT2D eigenvalue weighted by atomic mass is 32.2. The van der Waals surface area contributed by atoms with Crippen molar-refractivity contribution in [1.29, 1.82) is 0 Å². The maximum atomic E-state index is 12.8. The number of piperidine rings is 1. The van der Waals surface area contributed by atoms with Crippen LogP contribution >= 0.6 is 11.8 Å². The number of amides is 1. The van der Waals surface area contributed by atoms with E-state index in [1.54, 1.807) is 40.3 Å². The van der Waals surface area contributed by atoms with E-state index in [2.05, 4.69) is 10.6 Å².